The van der Waals surface area contributed by atoms with Gasteiger partial charge in [-0.2, -0.15) is 4.31 Å². The molecule has 1 N–H and O–H groups in total. The molecule has 156 valence electrons. The first-order chi connectivity index (χ1) is 13.5. The Hall–Kier alpha value is -1.48. The number of morpholine rings is 1. The van der Waals surface area contributed by atoms with Crippen LogP contribution in [0, 0.1) is 0 Å². The van der Waals surface area contributed by atoms with Gasteiger partial charge in [-0.1, -0.05) is 18.6 Å². The summed E-state index contributed by atoms with van der Waals surface area (Å²) in [6, 6.07) is 6.84. The van der Waals surface area contributed by atoms with Crippen molar-refractivity contribution in [1.29, 1.82) is 0 Å². The van der Waals surface area contributed by atoms with Gasteiger partial charge in [0.2, 0.25) is 10.0 Å². The smallest absolute Gasteiger partial charge is 0.251 e. The minimum absolute atomic E-state index is 0.0509. The van der Waals surface area contributed by atoms with Crippen molar-refractivity contribution < 1.29 is 17.9 Å². The van der Waals surface area contributed by atoms with E-state index in [1.54, 1.807) is 24.3 Å². The molecule has 0 unspecified atom stereocenters. The number of rotatable bonds is 8. The van der Waals surface area contributed by atoms with Crippen LogP contribution in [0.3, 0.4) is 0 Å². The van der Waals surface area contributed by atoms with Gasteiger partial charge < -0.3 is 15.0 Å². The van der Waals surface area contributed by atoms with E-state index in [-0.39, 0.29) is 11.7 Å². The molecule has 2 fully saturated rings. The third-order valence-corrected chi connectivity index (χ3v) is 7.16. The Balaban J connectivity index is 1.43. The second-order valence-electron chi connectivity index (χ2n) is 7.48. The number of ether oxygens (including phenoxy) is 1. The largest absolute Gasteiger partial charge is 0.379 e. The lowest BCUT2D eigenvalue weighted by atomic mass is 10.1. The number of benzene rings is 1. The Morgan fingerprint density at radius 1 is 1.00 bits per heavy atom. The quantitative estimate of drug-likeness (QED) is 0.658. The molecule has 0 saturated carbocycles. The van der Waals surface area contributed by atoms with Crippen LogP contribution in [0.15, 0.2) is 24.3 Å². The van der Waals surface area contributed by atoms with Crippen molar-refractivity contribution in [3.63, 3.8) is 0 Å². The molecule has 0 spiro atoms. The zero-order valence-electron chi connectivity index (χ0n) is 16.4. The molecule has 1 aromatic carbocycles. The van der Waals surface area contributed by atoms with Gasteiger partial charge in [-0.05, 0) is 56.6 Å². The summed E-state index contributed by atoms with van der Waals surface area (Å²) in [5, 5.41) is 2.95. The lowest BCUT2D eigenvalue weighted by molar-refractivity contribution is 0.0729. The van der Waals surface area contributed by atoms with Crippen LogP contribution in [0.4, 0.5) is 0 Å². The summed E-state index contributed by atoms with van der Waals surface area (Å²) in [5.74, 6) is -0.161. The molecule has 0 aliphatic carbocycles. The number of carbonyl (C=O) groups excluding carboxylic acids is 1. The first-order valence-corrected chi connectivity index (χ1v) is 11.8. The number of nitrogens with one attached hydrogen (secondary N) is 1. The van der Waals surface area contributed by atoms with Gasteiger partial charge in [-0.3, -0.25) is 4.79 Å². The molecule has 28 heavy (non-hydrogen) atoms. The van der Waals surface area contributed by atoms with Gasteiger partial charge in [0.05, 0.1) is 19.0 Å². The molecule has 2 aliphatic rings. The summed E-state index contributed by atoms with van der Waals surface area (Å²) < 4.78 is 31.6. The number of sulfonamides is 1. The van der Waals surface area contributed by atoms with Crippen LogP contribution in [0.2, 0.25) is 0 Å². The van der Waals surface area contributed by atoms with E-state index in [2.05, 4.69) is 10.2 Å². The Kier molecular flexibility index (Phi) is 7.84. The SMILES string of the molecule is O=C(NCCCN1CCCCC1)c1ccc(CS(=O)(=O)N2CCOCC2)cc1. The van der Waals surface area contributed by atoms with Crippen LogP contribution in [-0.2, 0) is 20.5 Å². The summed E-state index contributed by atoms with van der Waals surface area (Å²) in [6.45, 7) is 5.71. The highest BCUT2D eigenvalue weighted by atomic mass is 32.2. The lowest BCUT2D eigenvalue weighted by Crippen LogP contribution is -2.41. The van der Waals surface area contributed by atoms with Gasteiger partial charge >= 0.3 is 0 Å². The minimum atomic E-state index is -3.35. The zero-order chi connectivity index (χ0) is 19.8. The number of hydrogen-bond acceptors (Lipinski definition) is 5. The standard InChI is InChI=1S/C20H31N3O4S/c24-20(21-9-4-12-22-10-2-1-3-11-22)19-7-5-18(6-8-19)17-28(25,26)23-13-15-27-16-14-23/h5-8H,1-4,9-17H2,(H,21,24). The fourth-order valence-corrected chi connectivity index (χ4v) is 5.17. The summed E-state index contributed by atoms with van der Waals surface area (Å²) in [7, 11) is -3.35. The van der Waals surface area contributed by atoms with E-state index < -0.39 is 10.0 Å². The second-order valence-corrected chi connectivity index (χ2v) is 9.45. The number of hydrogen-bond donors (Lipinski definition) is 1. The zero-order valence-corrected chi connectivity index (χ0v) is 17.3. The van der Waals surface area contributed by atoms with Gasteiger partial charge in [0.1, 0.15) is 0 Å². The average Bonchev–Trinajstić information content (AvgIpc) is 2.73. The Labute approximate surface area is 168 Å². The molecule has 2 heterocycles. The maximum atomic E-state index is 12.5. The highest BCUT2D eigenvalue weighted by Crippen LogP contribution is 2.14. The molecule has 0 radical (unpaired) electrons. The van der Waals surface area contributed by atoms with Gasteiger partial charge in [-0.25, -0.2) is 8.42 Å². The maximum absolute atomic E-state index is 12.5. The minimum Gasteiger partial charge on any atom is -0.379 e. The first-order valence-electron chi connectivity index (χ1n) is 10.2. The maximum Gasteiger partial charge on any atom is 0.251 e. The van der Waals surface area contributed by atoms with Crippen LogP contribution < -0.4 is 5.32 Å². The Morgan fingerprint density at radius 2 is 1.68 bits per heavy atom. The van der Waals surface area contributed by atoms with Gasteiger partial charge in [0.25, 0.3) is 5.91 Å². The van der Waals surface area contributed by atoms with E-state index in [4.69, 9.17) is 4.74 Å². The van der Waals surface area contributed by atoms with E-state index in [0.29, 0.717) is 44.0 Å². The third kappa shape index (κ3) is 6.27. The van der Waals surface area contributed by atoms with E-state index in [0.717, 1.165) is 13.0 Å². The predicted octanol–water partition coefficient (Wildman–Crippen LogP) is 1.45. The van der Waals surface area contributed by atoms with E-state index in [1.807, 2.05) is 0 Å². The van der Waals surface area contributed by atoms with Crippen LogP contribution in [-0.4, -0.2) is 76.0 Å². The van der Waals surface area contributed by atoms with Crippen LogP contribution >= 0.6 is 0 Å². The number of piperidine rings is 1. The van der Waals surface area contributed by atoms with Crippen molar-refractivity contribution in [2.45, 2.75) is 31.4 Å². The third-order valence-electron chi connectivity index (χ3n) is 5.31. The number of nitrogens with zero attached hydrogens (tertiary/aromatic N) is 2. The molecule has 0 aromatic heterocycles. The second kappa shape index (κ2) is 10.3. The molecule has 1 amide bonds. The highest BCUT2D eigenvalue weighted by Gasteiger charge is 2.24. The van der Waals surface area contributed by atoms with E-state index in [9.17, 15) is 13.2 Å². The molecule has 1 aromatic rings. The molecule has 2 saturated heterocycles. The number of likely N-dealkylation sites (tertiary alicyclic amines) is 1. The molecule has 7 nitrogen and oxygen atoms in total. The van der Waals surface area contributed by atoms with Gasteiger partial charge in [0, 0.05) is 25.2 Å². The van der Waals surface area contributed by atoms with Crippen molar-refractivity contribution in [2.24, 2.45) is 0 Å². The molecule has 8 heteroatoms. The lowest BCUT2D eigenvalue weighted by Gasteiger charge is -2.26. The number of carbonyl (C=O) groups is 1. The van der Waals surface area contributed by atoms with Crippen molar-refractivity contribution >= 4 is 15.9 Å². The molecular formula is C20H31N3O4S. The highest BCUT2D eigenvalue weighted by molar-refractivity contribution is 7.88. The fraction of sp³-hybridized carbons (Fsp3) is 0.650. The Bertz CT molecular complexity index is 724. The fourth-order valence-electron chi connectivity index (χ4n) is 3.67. The first kappa shape index (κ1) is 21.2. The van der Waals surface area contributed by atoms with Crippen LogP contribution in [0.25, 0.3) is 0 Å². The van der Waals surface area contributed by atoms with Gasteiger partial charge in [0.15, 0.2) is 0 Å². The van der Waals surface area contributed by atoms with Crippen molar-refractivity contribution in [3.05, 3.63) is 35.4 Å². The summed E-state index contributed by atoms with van der Waals surface area (Å²) >= 11 is 0. The normalized spacial score (nSPS) is 19.4. The van der Waals surface area contributed by atoms with Crippen molar-refractivity contribution in [2.75, 3.05) is 52.5 Å². The van der Waals surface area contributed by atoms with Crippen LogP contribution in [0.1, 0.15) is 41.6 Å². The molecular weight excluding hydrogens is 378 g/mol. The molecule has 0 atom stereocenters. The number of amides is 1. The monoisotopic (exact) mass is 409 g/mol. The summed E-state index contributed by atoms with van der Waals surface area (Å²) in [5.41, 5.74) is 1.25. The van der Waals surface area contributed by atoms with E-state index in [1.165, 1.54) is 36.7 Å². The molecule has 0 bridgehead atoms. The van der Waals surface area contributed by atoms with Crippen molar-refractivity contribution in [3.8, 4) is 0 Å². The Morgan fingerprint density at radius 3 is 2.36 bits per heavy atom. The van der Waals surface area contributed by atoms with Crippen molar-refractivity contribution in [1.82, 2.24) is 14.5 Å². The predicted molar refractivity (Wildman–Crippen MR) is 109 cm³/mol. The van der Waals surface area contributed by atoms with E-state index >= 15 is 0 Å². The van der Waals surface area contributed by atoms with Crippen LogP contribution in [0.5, 0.6) is 0 Å². The topological polar surface area (TPSA) is 79.0 Å². The van der Waals surface area contributed by atoms with Gasteiger partial charge in [-0.15, -0.1) is 0 Å². The summed E-state index contributed by atoms with van der Waals surface area (Å²) in [6.07, 6.45) is 4.83. The average molecular weight is 410 g/mol. The molecule has 3 rings (SSSR count). The summed E-state index contributed by atoms with van der Waals surface area (Å²) in [4.78, 5) is 14.7. The molecule has 2 aliphatic heterocycles.